The molecule has 0 radical (unpaired) electrons. The maximum Gasteiger partial charge on any atom is 0.407 e. The lowest BCUT2D eigenvalue weighted by Crippen LogP contribution is -2.48. The lowest BCUT2D eigenvalue weighted by atomic mass is 10.0. The van der Waals surface area contributed by atoms with E-state index in [4.69, 9.17) is 10.8 Å². The van der Waals surface area contributed by atoms with Crippen LogP contribution in [0.25, 0.3) is 0 Å². The van der Waals surface area contributed by atoms with Gasteiger partial charge in [0.2, 0.25) is 5.82 Å². The minimum absolute atomic E-state index is 0.0248. The van der Waals surface area contributed by atoms with Crippen molar-refractivity contribution in [3.8, 4) is 0 Å². The normalized spacial score (nSPS) is 18.3. The summed E-state index contributed by atoms with van der Waals surface area (Å²) in [6.45, 7) is 0.903. The number of carboxylic acid groups (broad SMARTS) is 1. The summed E-state index contributed by atoms with van der Waals surface area (Å²) in [5.74, 6) is 0.352. The highest BCUT2D eigenvalue weighted by Crippen LogP contribution is 2.25. The smallest absolute Gasteiger partial charge is 0.407 e. The van der Waals surface area contributed by atoms with Gasteiger partial charge in [-0.1, -0.05) is 0 Å². The van der Waals surface area contributed by atoms with E-state index in [1.54, 1.807) is 7.05 Å². The Balaban J connectivity index is 2.16. The highest BCUT2D eigenvalue weighted by Gasteiger charge is 2.27. The van der Waals surface area contributed by atoms with E-state index in [1.165, 1.54) is 17.0 Å². The third-order valence-electron chi connectivity index (χ3n) is 3.66. The summed E-state index contributed by atoms with van der Waals surface area (Å²) in [6.07, 6.45) is 0.659. The SMILES string of the molecule is CN(c1ccc([N+](=O)[O-])c(N)n1)C1CCCN(C(=O)O)C1. The molecule has 0 aromatic carbocycles. The molecule has 2 heterocycles. The van der Waals surface area contributed by atoms with Gasteiger partial charge in [0.25, 0.3) is 0 Å². The van der Waals surface area contributed by atoms with Crippen LogP contribution < -0.4 is 10.6 Å². The topological polar surface area (TPSA) is 126 Å². The fourth-order valence-electron chi connectivity index (χ4n) is 2.44. The number of amides is 1. The van der Waals surface area contributed by atoms with Gasteiger partial charge < -0.3 is 20.6 Å². The summed E-state index contributed by atoms with van der Waals surface area (Å²) in [4.78, 5) is 28.4. The second kappa shape index (κ2) is 5.81. The monoisotopic (exact) mass is 295 g/mol. The molecule has 0 saturated carbocycles. The van der Waals surface area contributed by atoms with Crippen LogP contribution in [0.15, 0.2) is 12.1 Å². The third-order valence-corrected chi connectivity index (χ3v) is 3.66. The zero-order valence-electron chi connectivity index (χ0n) is 11.6. The number of nitrogen functional groups attached to an aromatic ring is 1. The van der Waals surface area contributed by atoms with E-state index in [0.29, 0.717) is 18.9 Å². The van der Waals surface area contributed by atoms with E-state index in [9.17, 15) is 14.9 Å². The number of anilines is 2. The quantitative estimate of drug-likeness (QED) is 0.632. The number of pyridine rings is 1. The van der Waals surface area contributed by atoms with Crippen molar-refractivity contribution in [2.45, 2.75) is 18.9 Å². The third kappa shape index (κ3) is 3.12. The van der Waals surface area contributed by atoms with Crippen molar-refractivity contribution in [1.29, 1.82) is 0 Å². The number of hydrogen-bond donors (Lipinski definition) is 2. The van der Waals surface area contributed by atoms with Crippen LogP contribution in [0.4, 0.5) is 22.1 Å². The second-order valence-corrected chi connectivity index (χ2v) is 4.97. The van der Waals surface area contributed by atoms with Crippen LogP contribution in [0.2, 0.25) is 0 Å². The van der Waals surface area contributed by atoms with Gasteiger partial charge in [-0.15, -0.1) is 0 Å². The van der Waals surface area contributed by atoms with E-state index in [2.05, 4.69) is 4.98 Å². The first-order valence-electron chi connectivity index (χ1n) is 6.51. The minimum Gasteiger partial charge on any atom is -0.465 e. The zero-order valence-corrected chi connectivity index (χ0v) is 11.6. The van der Waals surface area contributed by atoms with Crippen molar-refractivity contribution in [3.05, 3.63) is 22.2 Å². The van der Waals surface area contributed by atoms with Gasteiger partial charge in [-0.3, -0.25) is 10.1 Å². The Kier molecular flexibility index (Phi) is 4.10. The Bertz CT molecular complexity index is 565. The average molecular weight is 295 g/mol. The molecule has 21 heavy (non-hydrogen) atoms. The number of aromatic nitrogens is 1. The van der Waals surface area contributed by atoms with Crippen molar-refractivity contribution in [2.75, 3.05) is 30.8 Å². The summed E-state index contributed by atoms with van der Waals surface area (Å²) >= 11 is 0. The summed E-state index contributed by atoms with van der Waals surface area (Å²) < 4.78 is 0. The molecule has 114 valence electrons. The predicted octanol–water partition coefficient (Wildman–Crippen LogP) is 1.15. The van der Waals surface area contributed by atoms with Gasteiger partial charge in [0.05, 0.1) is 4.92 Å². The first-order chi connectivity index (χ1) is 9.90. The Labute approximate surface area is 121 Å². The molecule has 1 unspecified atom stereocenters. The van der Waals surface area contributed by atoms with Gasteiger partial charge in [0, 0.05) is 32.2 Å². The molecule has 1 saturated heterocycles. The van der Waals surface area contributed by atoms with Crippen LogP contribution in [0.1, 0.15) is 12.8 Å². The Morgan fingerprint density at radius 2 is 2.33 bits per heavy atom. The van der Waals surface area contributed by atoms with Crippen LogP contribution in [0.3, 0.4) is 0 Å². The molecule has 1 aromatic heterocycles. The van der Waals surface area contributed by atoms with Crippen molar-refractivity contribution in [2.24, 2.45) is 0 Å². The molecular formula is C12H17N5O4. The van der Waals surface area contributed by atoms with Crippen LogP contribution in [0.5, 0.6) is 0 Å². The molecule has 3 N–H and O–H groups in total. The van der Waals surface area contributed by atoms with Crippen molar-refractivity contribution >= 4 is 23.4 Å². The van der Waals surface area contributed by atoms with Gasteiger partial charge in [0.15, 0.2) is 0 Å². The summed E-state index contributed by atoms with van der Waals surface area (Å²) in [5.41, 5.74) is 5.35. The lowest BCUT2D eigenvalue weighted by Gasteiger charge is -2.36. The standard InChI is InChI=1S/C12H17N5O4/c1-15(8-3-2-6-16(7-8)12(18)19)10-5-4-9(17(20)21)11(13)14-10/h4-5,8H,2-3,6-7H2,1H3,(H2,13,14)(H,18,19). The number of piperidine rings is 1. The molecule has 0 spiro atoms. The van der Waals surface area contributed by atoms with Crippen LogP contribution in [0, 0.1) is 10.1 Å². The Morgan fingerprint density at radius 1 is 1.62 bits per heavy atom. The molecule has 1 atom stereocenters. The molecule has 9 heteroatoms. The molecule has 1 amide bonds. The number of rotatable bonds is 3. The van der Waals surface area contributed by atoms with Crippen molar-refractivity contribution in [1.82, 2.24) is 9.88 Å². The number of nitro groups is 1. The van der Waals surface area contributed by atoms with Crippen molar-refractivity contribution in [3.63, 3.8) is 0 Å². The van der Waals surface area contributed by atoms with Crippen LogP contribution in [-0.2, 0) is 0 Å². The van der Waals surface area contributed by atoms with E-state index in [0.717, 1.165) is 12.8 Å². The summed E-state index contributed by atoms with van der Waals surface area (Å²) in [7, 11) is 1.78. The van der Waals surface area contributed by atoms with Crippen molar-refractivity contribution < 1.29 is 14.8 Å². The number of hydrogen-bond acceptors (Lipinski definition) is 6. The van der Waals surface area contributed by atoms with E-state index in [-0.39, 0.29) is 17.5 Å². The molecule has 0 bridgehead atoms. The summed E-state index contributed by atoms with van der Waals surface area (Å²) in [5, 5.41) is 19.8. The minimum atomic E-state index is -0.940. The van der Waals surface area contributed by atoms with Crippen LogP contribution >= 0.6 is 0 Å². The molecule has 9 nitrogen and oxygen atoms in total. The van der Waals surface area contributed by atoms with E-state index in [1.807, 2.05) is 4.90 Å². The highest BCUT2D eigenvalue weighted by molar-refractivity contribution is 5.65. The Hall–Kier alpha value is -2.58. The fourth-order valence-corrected chi connectivity index (χ4v) is 2.44. The number of likely N-dealkylation sites (N-methyl/N-ethyl adjacent to an activating group) is 1. The molecular weight excluding hydrogens is 278 g/mol. The number of nitrogens with two attached hydrogens (primary N) is 1. The molecule has 0 aliphatic carbocycles. The van der Waals surface area contributed by atoms with Gasteiger partial charge in [-0.2, -0.15) is 0 Å². The molecule has 1 fully saturated rings. The first kappa shape index (κ1) is 14.8. The first-order valence-corrected chi connectivity index (χ1v) is 6.51. The number of likely N-dealkylation sites (tertiary alicyclic amines) is 1. The fraction of sp³-hybridized carbons (Fsp3) is 0.500. The molecule has 1 aromatic rings. The number of nitrogens with zero attached hydrogens (tertiary/aromatic N) is 4. The van der Waals surface area contributed by atoms with Gasteiger partial charge >= 0.3 is 11.8 Å². The van der Waals surface area contributed by atoms with Gasteiger partial charge in [-0.05, 0) is 18.9 Å². The molecule has 1 aliphatic heterocycles. The number of carbonyl (C=O) groups is 1. The van der Waals surface area contributed by atoms with E-state index >= 15 is 0 Å². The zero-order chi connectivity index (χ0) is 15.6. The van der Waals surface area contributed by atoms with E-state index < -0.39 is 11.0 Å². The highest BCUT2D eigenvalue weighted by atomic mass is 16.6. The van der Waals surface area contributed by atoms with Crippen LogP contribution in [-0.4, -0.2) is 52.2 Å². The maximum absolute atomic E-state index is 11.0. The summed E-state index contributed by atoms with van der Waals surface area (Å²) in [6, 6.07) is 2.81. The second-order valence-electron chi connectivity index (χ2n) is 4.97. The lowest BCUT2D eigenvalue weighted by molar-refractivity contribution is -0.384. The Morgan fingerprint density at radius 3 is 2.90 bits per heavy atom. The van der Waals surface area contributed by atoms with Gasteiger partial charge in [0.1, 0.15) is 5.82 Å². The average Bonchev–Trinajstić information content (AvgIpc) is 2.46. The largest absolute Gasteiger partial charge is 0.465 e. The van der Waals surface area contributed by atoms with Gasteiger partial charge in [-0.25, -0.2) is 9.78 Å². The molecule has 1 aliphatic rings. The predicted molar refractivity (Wildman–Crippen MR) is 76.3 cm³/mol. The molecule has 2 rings (SSSR count). The maximum atomic E-state index is 11.0.